The van der Waals surface area contributed by atoms with Gasteiger partial charge < -0.3 is 10.5 Å². The Bertz CT molecular complexity index is 1140. The molecular formula is C18H9BrClFN4O. The van der Waals surface area contributed by atoms with Crippen molar-refractivity contribution in [2.24, 2.45) is 4.99 Å². The van der Waals surface area contributed by atoms with E-state index in [1.807, 2.05) is 18.2 Å². The molecule has 0 fully saturated rings. The van der Waals surface area contributed by atoms with Crippen molar-refractivity contribution in [1.82, 2.24) is 9.97 Å². The second-order valence-corrected chi connectivity index (χ2v) is 7.25. The van der Waals surface area contributed by atoms with E-state index in [1.54, 1.807) is 24.7 Å². The van der Waals surface area contributed by atoms with Gasteiger partial charge in [-0.1, -0.05) is 27.5 Å². The molecule has 0 aliphatic carbocycles. The molecule has 0 bridgehead atoms. The minimum Gasteiger partial charge on any atom is -0.453 e. The maximum Gasteiger partial charge on any atom is 0.178 e. The average molecular weight is 432 g/mol. The number of ether oxygens (including phenoxy) is 1. The third kappa shape index (κ3) is 1.87. The van der Waals surface area contributed by atoms with Gasteiger partial charge in [0.05, 0.1) is 5.56 Å². The number of nitrogens with two attached hydrogens (primary N) is 1. The van der Waals surface area contributed by atoms with Crippen molar-refractivity contribution in [3.05, 3.63) is 74.4 Å². The van der Waals surface area contributed by atoms with E-state index in [0.29, 0.717) is 11.3 Å². The van der Waals surface area contributed by atoms with Gasteiger partial charge in [-0.05, 0) is 24.3 Å². The standard InChI is InChI=1S/C18H9BrClFN4O/c19-9-1-2-12-10(5-9)18(11-7-23-4-3-8(11)6-24-18)13-14(21)16(20)25-17(22)15(13)26-12/h1-7H,(H2,22,25). The highest BCUT2D eigenvalue weighted by atomic mass is 79.9. The summed E-state index contributed by atoms with van der Waals surface area (Å²) in [6, 6.07) is 7.28. The summed E-state index contributed by atoms with van der Waals surface area (Å²) in [6.45, 7) is 0. The highest BCUT2D eigenvalue weighted by molar-refractivity contribution is 9.10. The summed E-state index contributed by atoms with van der Waals surface area (Å²) in [5.41, 5.74) is 7.19. The summed E-state index contributed by atoms with van der Waals surface area (Å²) >= 11 is 9.47. The van der Waals surface area contributed by atoms with Gasteiger partial charge in [0, 0.05) is 39.8 Å². The van der Waals surface area contributed by atoms with Crippen LogP contribution >= 0.6 is 27.5 Å². The molecule has 0 saturated carbocycles. The lowest BCUT2D eigenvalue weighted by Gasteiger charge is -2.36. The molecule has 1 aromatic carbocycles. The fourth-order valence-electron chi connectivity index (χ4n) is 3.55. The monoisotopic (exact) mass is 430 g/mol. The minimum absolute atomic E-state index is 0.00637. The molecule has 4 heterocycles. The van der Waals surface area contributed by atoms with E-state index in [-0.39, 0.29) is 22.3 Å². The van der Waals surface area contributed by atoms with Gasteiger partial charge in [0.2, 0.25) is 0 Å². The van der Waals surface area contributed by atoms with Gasteiger partial charge in [0.15, 0.2) is 22.5 Å². The van der Waals surface area contributed by atoms with Crippen LogP contribution in [0.5, 0.6) is 11.5 Å². The molecule has 2 N–H and O–H groups in total. The fraction of sp³-hybridized carbons (Fsp3) is 0.0556. The molecule has 128 valence electrons. The molecule has 2 aromatic heterocycles. The van der Waals surface area contributed by atoms with Crippen LogP contribution < -0.4 is 10.5 Å². The van der Waals surface area contributed by atoms with E-state index < -0.39 is 11.4 Å². The summed E-state index contributed by atoms with van der Waals surface area (Å²) in [5, 5.41) is -0.324. The summed E-state index contributed by atoms with van der Waals surface area (Å²) in [7, 11) is 0. The third-order valence-corrected chi connectivity index (χ3v) is 5.37. The third-order valence-electron chi connectivity index (χ3n) is 4.63. The minimum atomic E-state index is -1.19. The number of pyridine rings is 2. The van der Waals surface area contributed by atoms with Crippen LogP contribution in [0, 0.1) is 5.82 Å². The van der Waals surface area contributed by atoms with Crippen molar-refractivity contribution in [2.75, 3.05) is 5.73 Å². The smallest absolute Gasteiger partial charge is 0.178 e. The summed E-state index contributed by atoms with van der Waals surface area (Å²) in [4.78, 5) is 12.8. The number of anilines is 1. The summed E-state index contributed by atoms with van der Waals surface area (Å²) < 4.78 is 21.9. The van der Waals surface area contributed by atoms with Crippen LogP contribution in [-0.4, -0.2) is 16.2 Å². The molecule has 1 atom stereocenters. The van der Waals surface area contributed by atoms with Crippen molar-refractivity contribution >= 4 is 39.6 Å². The van der Waals surface area contributed by atoms with E-state index in [0.717, 1.165) is 15.6 Å². The molecule has 0 radical (unpaired) electrons. The Morgan fingerprint density at radius 3 is 2.92 bits per heavy atom. The van der Waals surface area contributed by atoms with Crippen LogP contribution in [0.4, 0.5) is 10.2 Å². The lowest BCUT2D eigenvalue weighted by molar-refractivity contribution is 0.408. The van der Waals surface area contributed by atoms with Gasteiger partial charge in [-0.15, -0.1) is 0 Å². The van der Waals surface area contributed by atoms with Crippen LogP contribution in [0.3, 0.4) is 0 Å². The molecule has 1 unspecified atom stereocenters. The number of rotatable bonds is 0. The van der Waals surface area contributed by atoms with Crippen LogP contribution in [-0.2, 0) is 5.54 Å². The Morgan fingerprint density at radius 2 is 2.08 bits per heavy atom. The second-order valence-electron chi connectivity index (χ2n) is 5.98. The maximum absolute atomic E-state index is 15.2. The van der Waals surface area contributed by atoms with Gasteiger partial charge in [-0.2, -0.15) is 0 Å². The highest BCUT2D eigenvalue weighted by Crippen LogP contribution is 2.57. The normalized spacial score (nSPS) is 19.0. The molecule has 0 amide bonds. The van der Waals surface area contributed by atoms with Gasteiger partial charge in [0.1, 0.15) is 11.3 Å². The van der Waals surface area contributed by atoms with E-state index in [9.17, 15) is 0 Å². The topological polar surface area (TPSA) is 73.4 Å². The number of nitrogen functional groups attached to an aromatic ring is 1. The Balaban J connectivity index is 1.98. The van der Waals surface area contributed by atoms with Crippen molar-refractivity contribution < 1.29 is 9.13 Å². The number of benzene rings is 1. The predicted molar refractivity (Wildman–Crippen MR) is 99.5 cm³/mol. The van der Waals surface area contributed by atoms with Crippen molar-refractivity contribution in [2.45, 2.75) is 5.54 Å². The molecule has 26 heavy (non-hydrogen) atoms. The van der Waals surface area contributed by atoms with Crippen LogP contribution in [0.25, 0.3) is 0 Å². The summed E-state index contributed by atoms with van der Waals surface area (Å²) in [5.74, 6) is -0.0671. The lowest BCUT2D eigenvalue weighted by atomic mass is 9.76. The largest absolute Gasteiger partial charge is 0.453 e. The first-order valence-corrected chi connectivity index (χ1v) is 8.82. The Labute approximate surface area is 160 Å². The molecule has 8 heteroatoms. The fourth-order valence-corrected chi connectivity index (χ4v) is 4.10. The SMILES string of the molecule is Nc1nc(Cl)c(F)c2c1Oc1ccc(Br)cc1C21N=Cc2ccncc21. The number of hydrogen-bond acceptors (Lipinski definition) is 5. The number of aliphatic imine (C=N–C) groups is 1. The molecule has 5 rings (SSSR count). The number of fused-ring (bicyclic) bond motifs is 6. The Hall–Kier alpha value is -2.51. The van der Waals surface area contributed by atoms with Crippen molar-refractivity contribution in [1.29, 1.82) is 0 Å². The quantitative estimate of drug-likeness (QED) is 0.534. The molecule has 0 saturated heterocycles. The van der Waals surface area contributed by atoms with E-state index in [1.165, 1.54) is 0 Å². The van der Waals surface area contributed by atoms with Crippen LogP contribution in [0.15, 0.2) is 46.1 Å². The number of halogens is 3. The van der Waals surface area contributed by atoms with Crippen molar-refractivity contribution in [3.63, 3.8) is 0 Å². The molecule has 2 aliphatic rings. The van der Waals surface area contributed by atoms with Gasteiger partial charge in [-0.3, -0.25) is 9.98 Å². The highest BCUT2D eigenvalue weighted by Gasteiger charge is 2.50. The zero-order valence-electron chi connectivity index (χ0n) is 13.0. The van der Waals surface area contributed by atoms with E-state index in [2.05, 4.69) is 25.9 Å². The predicted octanol–water partition coefficient (Wildman–Crippen LogP) is 4.44. The first-order valence-electron chi connectivity index (χ1n) is 7.65. The van der Waals surface area contributed by atoms with Gasteiger partial charge >= 0.3 is 0 Å². The first-order chi connectivity index (χ1) is 12.5. The zero-order chi connectivity index (χ0) is 18.1. The molecule has 3 aromatic rings. The number of hydrogen-bond donors (Lipinski definition) is 1. The Kier molecular flexibility index (Phi) is 3.17. The van der Waals surface area contributed by atoms with E-state index >= 15 is 4.39 Å². The van der Waals surface area contributed by atoms with Crippen molar-refractivity contribution in [3.8, 4) is 11.5 Å². The maximum atomic E-state index is 15.2. The molecule has 5 nitrogen and oxygen atoms in total. The number of aromatic nitrogens is 2. The van der Waals surface area contributed by atoms with Gasteiger partial charge in [-0.25, -0.2) is 9.37 Å². The lowest BCUT2D eigenvalue weighted by Crippen LogP contribution is -2.31. The molecule has 2 aliphatic heterocycles. The molecular weight excluding hydrogens is 423 g/mol. The zero-order valence-corrected chi connectivity index (χ0v) is 15.3. The molecule has 1 spiro atoms. The van der Waals surface area contributed by atoms with Gasteiger partial charge in [0.25, 0.3) is 0 Å². The average Bonchev–Trinajstić information content (AvgIpc) is 3.01. The van der Waals surface area contributed by atoms with E-state index in [4.69, 9.17) is 27.1 Å². The van der Waals surface area contributed by atoms with Crippen LogP contribution in [0.2, 0.25) is 5.15 Å². The Morgan fingerprint density at radius 1 is 1.23 bits per heavy atom. The number of nitrogens with zero attached hydrogens (tertiary/aromatic N) is 3. The van der Waals surface area contributed by atoms with Crippen LogP contribution in [0.1, 0.15) is 22.3 Å². The second kappa shape index (κ2) is 5.25. The first kappa shape index (κ1) is 15.7. The summed E-state index contributed by atoms with van der Waals surface area (Å²) in [6.07, 6.45) is 5.03.